The minimum absolute atomic E-state index is 0.120. The van der Waals surface area contributed by atoms with Crippen LogP contribution in [0.3, 0.4) is 0 Å². The van der Waals surface area contributed by atoms with Crippen molar-refractivity contribution in [2.24, 2.45) is 11.8 Å². The maximum absolute atomic E-state index is 13.0. The van der Waals surface area contributed by atoms with Gasteiger partial charge in [0, 0.05) is 24.7 Å². The highest BCUT2D eigenvalue weighted by atomic mass is 16.3. The topological polar surface area (TPSA) is 52.6 Å². The van der Waals surface area contributed by atoms with Crippen molar-refractivity contribution < 1.29 is 9.90 Å². The van der Waals surface area contributed by atoms with Gasteiger partial charge >= 0.3 is 0 Å². The van der Waals surface area contributed by atoms with Crippen LogP contribution in [0.1, 0.15) is 90.6 Å². The number of fused-ring (bicyclic) bond motifs is 1. The normalized spacial score (nSPS) is 24.2. The zero-order valence-corrected chi connectivity index (χ0v) is 19.8. The third kappa shape index (κ3) is 5.07. The monoisotopic (exact) mass is 434 g/mol. The van der Waals surface area contributed by atoms with E-state index in [0.717, 1.165) is 35.9 Å². The van der Waals surface area contributed by atoms with Crippen LogP contribution in [0.25, 0.3) is 0 Å². The van der Waals surface area contributed by atoms with E-state index >= 15 is 0 Å². The molecule has 0 spiro atoms. The Kier molecular flexibility index (Phi) is 7.32. The van der Waals surface area contributed by atoms with Crippen molar-refractivity contribution in [1.29, 1.82) is 0 Å². The number of hydrogen-bond donors (Lipinski definition) is 2. The van der Waals surface area contributed by atoms with Crippen LogP contribution < -0.4 is 5.32 Å². The minimum Gasteiger partial charge on any atom is -0.394 e. The van der Waals surface area contributed by atoms with Gasteiger partial charge in [-0.25, -0.2) is 0 Å². The summed E-state index contributed by atoms with van der Waals surface area (Å²) >= 11 is 0. The summed E-state index contributed by atoms with van der Waals surface area (Å²) in [5, 5.41) is 12.9. The molecule has 2 N–H and O–H groups in total. The van der Waals surface area contributed by atoms with Crippen molar-refractivity contribution in [2.75, 3.05) is 13.2 Å². The van der Waals surface area contributed by atoms with Gasteiger partial charge in [-0.3, -0.25) is 9.69 Å². The van der Waals surface area contributed by atoms with E-state index in [2.05, 4.69) is 36.2 Å². The molecule has 1 fully saturated rings. The van der Waals surface area contributed by atoms with E-state index in [9.17, 15) is 9.90 Å². The van der Waals surface area contributed by atoms with Crippen LogP contribution in [-0.2, 0) is 6.54 Å². The molecule has 4 nitrogen and oxygen atoms in total. The molecule has 1 saturated carbocycles. The van der Waals surface area contributed by atoms with Crippen molar-refractivity contribution in [3.05, 3.63) is 70.3 Å². The summed E-state index contributed by atoms with van der Waals surface area (Å²) in [7, 11) is 0. The fourth-order valence-electron chi connectivity index (χ4n) is 5.52. The number of amides is 1. The zero-order chi connectivity index (χ0) is 22.7. The maximum atomic E-state index is 13.0. The third-order valence-corrected chi connectivity index (χ3v) is 7.56. The molecule has 2 aromatic carbocycles. The summed E-state index contributed by atoms with van der Waals surface area (Å²) in [6.07, 6.45) is 6.51. The molecule has 0 unspecified atom stereocenters. The van der Waals surface area contributed by atoms with E-state index in [0.29, 0.717) is 11.6 Å². The standard InChI is InChI=1S/C28H38N2O2/c1-4-27-25-14-13-23(28(32)29-26(18-31)22-11-7-20(3)8-12-22)15-24(25)17-30(27)16-21-9-5-19(2)6-10-21/h7-8,11-15,19,21,26-27,31H,4-6,9-10,16-18H2,1-3H3,(H,29,32)/t19-,21-,26-,27+/m0/s1. The number of carbonyl (C=O) groups is 1. The Balaban J connectivity index is 1.44. The van der Waals surface area contributed by atoms with Crippen LogP contribution in [0.4, 0.5) is 0 Å². The molecule has 2 aromatic rings. The van der Waals surface area contributed by atoms with Gasteiger partial charge in [0.05, 0.1) is 12.6 Å². The lowest BCUT2D eigenvalue weighted by molar-refractivity contribution is 0.0916. The molecule has 172 valence electrons. The first-order valence-electron chi connectivity index (χ1n) is 12.3. The van der Waals surface area contributed by atoms with Gasteiger partial charge in [-0.05, 0) is 66.8 Å². The number of carbonyl (C=O) groups excluding carboxylic acids is 1. The Labute approximate surface area is 193 Å². The number of nitrogens with one attached hydrogen (secondary N) is 1. The van der Waals surface area contributed by atoms with E-state index in [1.165, 1.54) is 43.4 Å². The zero-order valence-electron chi connectivity index (χ0n) is 19.8. The Hall–Kier alpha value is -2.17. The molecule has 0 radical (unpaired) electrons. The average molecular weight is 435 g/mol. The highest BCUT2D eigenvalue weighted by molar-refractivity contribution is 5.94. The molecule has 4 heteroatoms. The number of aliphatic hydroxyl groups is 1. The predicted molar refractivity (Wildman–Crippen MR) is 129 cm³/mol. The van der Waals surface area contributed by atoms with Gasteiger partial charge in [0.1, 0.15) is 0 Å². The fourth-order valence-corrected chi connectivity index (χ4v) is 5.52. The second-order valence-corrected chi connectivity index (χ2v) is 10.0. The molecule has 0 aromatic heterocycles. The molecule has 32 heavy (non-hydrogen) atoms. The molecule has 0 bridgehead atoms. The SMILES string of the molecule is CC[C@@H]1c2ccc(C(=O)N[C@@H](CO)c3ccc(C)cc3)cc2CN1C[C@H]1CC[C@H](C)CC1. The van der Waals surface area contributed by atoms with Crippen LogP contribution >= 0.6 is 0 Å². The minimum atomic E-state index is -0.398. The average Bonchev–Trinajstić information content (AvgIpc) is 3.15. The van der Waals surface area contributed by atoms with Crippen molar-refractivity contribution in [2.45, 2.75) is 71.5 Å². The summed E-state index contributed by atoms with van der Waals surface area (Å²) in [6.45, 7) is 8.66. The van der Waals surface area contributed by atoms with Gasteiger partial charge in [-0.1, -0.05) is 62.6 Å². The number of aliphatic hydroxyl groups excluding tert-OH is 1. The molecular formula is C28H38N2O2. The number of hydrogen-bond acceptors (Lipinski definition) is 3. The second kappa shape index (κ2) is 10.2. The number of aryl methyl sites for hydroxylation is 1. The Morgan fingerprint density at radius 3 is 2.50 bits per heavy atom. The van der Waals surface area contributed by atoms with Crippen molar-refractivity contribution in [1.82, 2.24) is 10.2 Å². The summed E-state index contributed by atoms with van der Waals surface area (Å²) in [6, 6.07) is 14.2. The summed E-state index contributed by atoms with van der Waals surface area (Å²) in [5.41, 5.74) is 5.42. The molecule has 2 atom stereocenters. The highest BCUT2D eigenvalue weighted by Crippen LogP contribution is 2.39. The van der Waals surface area contributed by atoms with Gasteiger partial charge in [-0.2, -0.15) is 0 Å². The Morgan fingerprint density at radius 2 is 1.84 bits per heavy atom. The lowest BCUT2D eigenvalue weighted by atomic mass is 9.82. The van der Waals surface area contributed by atoms with E-state index in [1.54, 1.807) is 0 Å². The van der Waals surface area contributed by atoms with Crippen LogP contribution in [0.5, 0.6) is 0 Å². The Morgan fingerprint density at radius 1 is 1.12 bits per heavy atom. The first-order chi connectivity index (χ1) is 15.5. The predicted octanol–water partition coefficient (Wildman–Crippen LogP) is 5.55. The van der Waals surface area contributed by atoms with E-state index in [4.69, 9.17) is 0 Å². The van der Waals surface area contributed by atoms with Crippen LogP contribution in [-0.4, -0.2) is 29.1 Å². The smallest absolute Gasteiger partial charge is 0.251 e. The summed E-state index contributed by atoms with van der Waals surface area (Å²) in [5.74, 6) is 1.56. The lowest BCUT2D eigenvalue weighted by Gasteiger charge is -2.32. The lowest BCUT2D eigenvalue weighted by Crippen LogP contribution is -2.30. The van der Waals surface area contributed by atoms with E-state index in [1.807, 2.05) is 37.3 Å². The molecule has 1 heterocycles. The van der Waals surface area contributed by atoms with E-state index in [-0.39, 0.29) is 12.5 Å². The van der Waals surface area contributed by atoms with Crippen molar-refractivity contribution in [3.63, 3.8) is 0 Å². The molecule has 1 aliphatic carbocycles. The molecule has 0 saturated heterocycles. The molecule has 1 aliphatic heterocycles. The largest absolute Gasteiger partial charge is 0.394 e. The number of nitrogens with zero attached hydrogens (tertiary/aromatic N) is 1. The third-order valence-electron chi connectivity index (χ3n) is 7.56. The van der Waals surface area contributed by atoms with Crippen LogP contribution in [0.15, 0.2) is 42.5 Å². The van der Waals surface area contributed by atoms with Gasteiger partial charge < -0.3 is 10.4 Å². The number of benzene rings is 2. The quantitative estimate of drug-likeness (QED) is 0.601. The Bertz CT molecular complexity index is 916. The van der Waals surface area contributed by atoms with E-state index < -0.39 is 6.04 Å². The molecule has 4 rings (SSSR count). The van der Waals surface area contributed by atoms with Crippen LogP contribution in [0.2, 0.25) is 0 Å². The fraction of sp³-hybridized carbons (Fsp3) is 0.536. The van der Waals surface area contributed by atoms with Crippen LogP contribution in [0, 0.1) is 18.8 Å². The highest BCUT2D eigenvalue weighted by Gasteiger charge is 2.32. The van der Waals surface area contributed by atoms with Gasteiger partial charge in [0.15, 0.2) is 0 Å². The first kappa shape index (κ1) is 23.0. The first-order valence-corrected chi connectivity index (χ1v) is 12.3. The molecule has 1 amide bonds. The van der Waals surface area contributed by atoms with Gasteiger partial charge in [-0.15, -0.1) is 0 Å². The molecule has 2 aliphatic rings. The number of rotatable bonds is 7. The van der Waals surface area contributed by atoms with Crippen molar-refractivity contribution >= 4 is 5.91 Å². The van der Waals surface area contributed by atoms with Gasteiger partial charge in [0.2, 0.25) is 0 Å². The maximum Gasteiger partial charge on any atom is 0.251 e. The van der Waals surface area contributed by atoms with Gasteiger partial charge in [0.25, 0.3) is 5.91 Å². The van der Waals surface area contributed by atoms with Crippen molar-refractivity contribution in [3.8, 4) is 0 Å². The summed E-state index contributed by atoms with van der Waals surface area (Å²) in [4.78, 5) is 15.6. The second-order valence-electron chi connectivity index (χ2n) is 10.0. The molecular weight excluding hydrogens is 396 g/mol. The summed E-state index contributed by atoms with van der Waals surface area (Å²) < 4.78 is 0.